The van der Waals surface area contributed by atoms with Crippen molar-refractivity contribution in [3.05, 3.63) is 81.9 Å². The summed E-state index contributed by atoms with van der Waals surface area (Å²) < 4.78 is 33.9. The number of benzene rings is 3. The summed E-state index contributed by atoms with van der Waals surface area (Å²) in [6.07, 6.45) is 3.89. The van der Waals surface area contributed by atoms with E-state index in [1.54, 1.807) is 18.2 Å². The van der Waals surface area contributed by atoms with Crippen molar-refractivity contribution in [2.24, 2.45) is 0 Å². The van der Waals surface area contributed by atoms with Crippen LogP contribution in [0.3, 0.4) is 0 Å². The molecule has 0 bridgehead atoms. The Morgan fingerprint density at radius 2 is 1.48 bits per heavy atom. The zero-order valence-corrected chi connectivity index (χ0v) is 17.8. The third-order valence-corrected chi connectivity index (χ3v) is 7.04. The van der Waals surface area contributed by atoms with Crippen LogP contribution in [0.2, 0.25) is 0 Å². The van der Waals surface area contributed by atoms with Gasteiger partial charge in [-0.15, -0.1) is 0 Å². The van der Waals surface area contributed by atoms with E-state index in [0.717, 1.165) is 43.0 Å². The molecule has 7 nitrogen and oxygen atoms in total. The van der Waals surface area contributed by atoms with Crippen LogP contribution in [0.1, 0.15) is 55.8 Å². The molecule has 33 heavy (non-hydrogen) atoms. The topological polar surface area (TPSA) is 127 Å². The van der Waals surface area contributed by atoms with Gasteiger partial charge in [-0.25, -0.2) is 0 Å². The number of anilines is 3. The van der Waals surface area contributed by atoms with E-state index in [9.17, 15) is 22.6 Å². The Labute approximate surface area is 213 Å². The fourth-order valence-electron chi connectivity index (χ4n) is 4.65. The zero-order chi connectivity index (χ0) is 22.6. The number of hydrogen-bond donors (Lipinski definition) is 3. The monoisotopic (exact) mass is 472 g/mol. The third-order valence-electron chi connectivity index (χ3n) is 6.14. The van der Waals surface area contributed by atoms with E-state index in [1.807, 2.05) is 18.2 Å². The molecule has 5 rings (SSSR count). The molecule has 4 N–H and O–H groups in total. The summed E-state index contributed by atoms with van der Waals surface area (Å²) in [5, 5.41) is 3.18. The molecule has 2 aliphatic rings. The van der Waals surface area contributed by atoms with Crippen molar-refractivity contribution in [2.75, 3.05) is 11.1 Å². The molecule has 0 aromatic heterocycles. The van der Waals surface area contributed by atoms with E-state index < -0.39 is 32.3 Å². The number of carbonyl (C=O) groups is 2. The number of nitrogen functional groups attached to an aromatic ring is 1. The van der Waals surface area contributed by atoms with Crippen LogP contribution >= 0.6 is 0 Å². The summed E-state index contributed by atoms with van der Waals surface area (Å²) in [6.45, 7) is 0. The first-order chi connectivity index (χ1) is 15.3. The molecule has 3 aromatic rings. The van der Waals surface area contributed by atoms with E-state index in [2.05, 4.69) is 5.32 Å². The minimum atomic E-state index is -4.75. The van der Waals surface area contributed by atoms with Gasteiger partial charge in [-0.05, 0) is 48.9 Å². The number of aryl methyl sites for hydroxylation is 1. The molecule has 0 fully saturated rings. The first-order valence-corrected chi connectivity index (χ1v) is 11.7. The number of nitrogens with two attached hydrogens (primary N) is 1. The summed E-state index contributed by atoms with van der Waals surface area (Å²) in [6, 6.07) is 13.2. The Balaban J connectivity index is 0.00000259. The van der Waals surface area contributed by atoms with Gasteiger partial charge in [0.05, 0.1) is 22.5 Å². The Hall–Kier alpha value is -2.49. The molecule has 0 saturated carbocycles. The summed E-state index contributed by atoms with van der Waals surface area (Å²) >= 11 is 0. The van der Waals surface area contributed by atoms with Crippen molar-refractivity contribution >= 4 is 68.3 Å². The van der Waals surface area contributed by atoms with Gasteiger partial charge in [0, 0.05) is 16.8 Å². The minimum absolute atomic E-state index is 0. The fourth-order valence-corrected chi connectivity index (χ4v) is 5.30. The van der Waals surface area contributed by atoms with Gasteiger partial charge in [0.2, 0.25) is 0 Å². The number of ketones is 2. The van der Waals surface area contributed by atoms with Crippen molar-refractivity contribution in [2.45, 2.75) is 30.6 Å². The molecule has 164 valence electrons. The van der Waals surface area contributed by atoms with Gasteiger partial charge in [0.1, 0.15) is 4.90 Å². The number of hydrogen-bond acceptors (Lipinski definition) is 6. The molecule has 0 heterocycles. The van der Waals surface area contributed by atoms with Crippen LogP contribution in [0.5, 0.6) is 0 Å². The molecule has 0 radical (unpaired) electrons. The summed E-state index contributed by atoms with van der Waals surface area (Å²) in [5.41, 5.74) is 8.89. The fraction of sp³-hybridized carbons (Fsp3) is 0.167. The molecule has 0 amide bonds. The second-order valence-corrected chi connectivity index (χ2v) is 9.43. The van der Waals surface area contributed by atoms with Crippen molar-refractivity contribution in [3.63, 3.8) is 0 Å². The van der Waals surface area contributed by atoms with Crippen LogP contribution in [-0.2, 0) is 23.0 Å². The van der Waals surface area contributed by atoms with E-state index in [-0.39, 0.29) is 57.5 Å². The van der Waals surface area contributed by atoms with Gasteiger partial charge in [-0.3, -0.25) is 14.1 Å². The Morgan fingerprint density at radius 1 is 0.848 bits per heavy atom. The molecule has 0 atom stereocenters. The molecule has 0 saturated heterocycles. The molecular formula is C24H21N2NaO5S. The first-order valence-electron chi connectivity index (χ1n) is 10.3. The van der Waals surface area contributed by atoms with E-state index in [1.165, 1.54) is 11.6 Å². The van der Waals surface area contributed by atoms with Gasteiger partial charge >= 0.3 is 29.6 Å². The van der Waals surface area contributed by atoms with Crippen LogP contribution < -0.4 is 11.1 Å². The summed E-state index contributed by atoms with van der Waals surface area (Å²) in [7, 11) is -4.75. The van der Waals surface area contributed by atoms with Crippen LogP contribution in [0, 0.1) is 0 Å². The van der Waals surface area contributed by atoms with E-state index in [0.29, 0.717) is 0 Å². The Kier molecular flexibility index (Phi) is 6.24. The standard InChI is InChI=1S/C24H20N2O5S.Na.H/c25-22-19(32(29,30)31)12-18(26-17-11-5-7-13-6-1-2-8-14(13)17)20-21(22)24(28)16-10-4-3-9-15(16)23(20)27;;/h3-5,7,9-12,26H,1-2,6,8,25H2,(H,29,30,31);;. The van der Waals surface area contributed by atoms with Crippen molar-refractivity contribution < 1.29 is 22.6 Å². The molecule has 0 spiro atoms. The second kappa shape index (κ2) is 8.70. The first kappa shape index (κ1) is 23.7. The second-order valence-electron chi connectivity index (χ2n) is 8.04. The number of nitrogens with one attached hydrogen (secondary N) is 1. The maximum atomic E-state index is 13.4. The number of fused-ring (bicyclic) bond motifs is 3. The molecule has 0 aliphatic heterocycles. The maximum absolute atomic E-state index is 13.4. The molecule has 3 aromatic carbocycles. The Morgan fingerprint density at radius 3 is 2.15 bits per heavy atom. The van der Waals surface area contributed by atoms with Gasteiger partial charge in [0.15, 0.2) is 11.6 Å². The Bertz CT molecular complexity index is 1430. The third kappa shape index (κ3) is 3.92. The van der Waals surface area contributed by atoms with Crippen LogP contribution in [0.25, 0.3) is 0 Å². The van der Waals surface area contributed by atoms with Crippen LogP contribution in [-0.4, -0.2) is 54.1 Å². The van der Waals surface area contributed by atoms with Crippen LogP contribution in [0.15, 0.2) is 53.4 Å². The van der Waals surface area contributed by atoms with E-state index >= 15 is 0 Å². The quantitative estimate of drug-likeness (QED) is 0.237. The average Bonchev–Trinajstić information content (AvgIpc) is 2.78. The van der Waals surface area contributed by atoms with Crippen LogP contribution in [0.4, 0.5) is 17.1 Å². The predicted molar refractivity (Wildman–Crippen MR) is 127 cm³/mol. The van der Waals surface area contributed by atoms with Gasteiger partial charge in [0.25, 0.3) is 10.1 Å². The molecular weight excluding hydrogens is 451 g/mol. The summed E-state index contributed by atoms with van der Waals surface area (Å²) in [5.74, 6) is -0.993. The zero-order valence-electron chi connectivity index (χ0n) is 17.0. The average molecular weight is 472 g/mol. The van der Waals surface area contributed by atoms with Gasteiger partial charge in [-0.1, -0.05) is 36.4 Å². The summed E-state index contributed by atoms with van der Waals surface area (Å²) in [4.78, 5) is 26.1. The van der Waals surface area contributed by atoms with E-state index in [4.69, 9.17) is 5.73 Å². The number of rotatable bonds is 3. The van der Waals surface area contributed by atoms with Gasteiger partial charge in [-0.2, -0.15) is 8.42 Å². The SMILES string of the molecule is Nc1c(S(=O)(=O)O)cc(Nc2cccc3c2CCCC3)c2c1C(=O)c1ccccc1C2=O.[NaH]. The normalized spacial score (nSPS) is 14.6. The van der Waals surface area contributed by atoms with Crippen molar-refractivity contribution in [1.82, 2.24) is 0 Å². The van der Waals surface area contributed by atoms with Crippen molar-refractivity contribution in [1.29, 1.82) is 0 Å². The predicted octanol–water partition coefficient (Wildman–Crippen LogP) is 3.26. The molecule has 9 heteroatoms. The van der Waals surface area contributed by atoms with Gasteiger partial charge < -0.3 is 11.1 Å². The molecule has 0 unspecified atom stereocenters. The van der Waals surface area contributed by atoms with Crippen molar-refractivity contribution in [3.8, 4) is 0 Å². The molecule has 2 aliphatic carbocycles. The number of carbonyl (C=O) groups excluding carboxylic acids is 2.